The molecule has 1 aliphatic rings. The molecule has 0 amide bonds. The van der Waals surface area contributed by atoms with E-state index in [0.29, 0.717) is 12.2 Å². The Morgan fingerprint density at radius 1 is 1.13 bits per heavy atom. The number of ether oxygens (including phenoxy) is 1. The van der Waals surface area contributed by atoms with Crippen LogP contribution in [0.5, 0.6) is 0 Å². The summed E-state index contributed by atoms with van der Waals surface area (Å²) >= 11 is 0. The molecule has 0 unspecified atom stereocenters. The number of morpholine rings is 1. The number of hydrogen-bond donors (Lipinski definition) is 1. The fraction of sp³-hybridized carbons (Fsp3) is 0.556. The monoisotopic (exact) mass is 314 g/mol. The molecule has 5 heteroatoms. The fourth-order valence-corrected chi connectivity index (χ4v) is 3.23. The molecule has 1 saturated heterocycles. The second-order valence-corrected chi connectivity index (χ2v) is 6.44. The molecular formula is C18H26N4O. The largest absolute Gasteiger partial charge is 0.373 e. The Labute approximate surface area is 138 Å². The summed E-state index contributed by atoms with van der Waals surface area (Å²) in [6.45, 7) is 10.4. The lowest BCUT2D eigenvalue weighted by atomic mass is 10.2. The van der Waals surface area contributed by atoms with Crippen LogP contribution in [0.4, 0.5) is 5.82 Å². The molecule has 23 heavy (non-hydrogen) atoms. The number of aryl methyl sites for hydroxylation is 1. The number of hydrogen-bond acceptors (Lipinski definition) is 5. The molecule has 0 spiro atoms. The molecule has 124 valence electrons. The van der Waals surface area contributed by atoms with Gasteiger partial charge >= 0.3 is 0 Å². The second kappa shape index (κ2) is 7.23. The molecule has 0 radical (unpaired) electrons. The lowest BCUT2D eigenvalue weighted by Gasteiger charge is -2.35. The predicted molar refractivity (Wildman–Crippen MR) is 93.8 cm³/mol. The fourth-order valence-electron chi connectivity index (χ4n) is 3.23. The predicted octanol–water partition coefficient (Wildman–Crippen LogP) is 2.85. The van der Waals surface area contributed by atoms with Gasteiger partial charge in [-0.05, 0) is 39.3 Å². The Bertz CT molecular complexity index is 651. The summed E-state index contributed by atoms with van der Waals surface area (Å²) in [7, 11) is 0. The Morgan fingerprint density at radius 3 is 2.48 bits per heavy atom. The van der Waals surface area contributed by atoms with Gasteiger partial charge in [0.2, 0.25) is 0 Å². The van der Waals surface area contributed by atoms with Crippen molar-refractivity contribution in [1.29, 1.82) is 0 Å². The Balaban J connectivity index is 1.51. The lowest BCUT2D eigenvalue weighted by molar-refractivity contribution is -0.0678. The third-order valence-electron chi connectivity index (χ3n) is 4.18. The minimum absolute atomic E-state index is 0.334. The van der Waals surface area contributed by atoms with Crippen LogP contribution < -0.4 is 5.32 Å². The van der Waals surface area contributed by atoms with E-state index in [1.807, 2.05) is 31.2 Å². The summed E-state index contributed by atoms with van der Waals surface area (Å²) in [5.74, 6) is 0.896. The molecule has 1 aromatic heterocycles. The van der Waals surface area contributed by atoms with Gasteiger partial charge in [0.05, 0.1) is 28.9 Å². The van der Waals surface area contributed by atoms with Crippen molar-refractivity contribution in [1.82, 2.24) is 14.9 Å². The molecule has 1 aromatic carbocycles. The minimum atomic E-state index is 0.334. The van der Waals surface area contributed by atoms with Gasteiger partial charge < -0.3 is 10.1 Å². The van der Waals surface area contributed by atoms with Gasteiger partial charge in [0.1, 0.15) is 5.82 Å². The molecule has 2 atom stereocenters. The molecule has 1 N–H and O–H groups in total. The highest BCUT2D eigenvalue weighted by atomic mass is 16.5. The van der Waals surface area contributed by atoms with Crippen molar-refractivity contribution in [3.63, 3.8) is 0 Å². The van der Waals surface area contributed by atoms with Gasteiger partial charge in [-0.1, -0.05) is 12.1 Å². The summed E-state index contributed by atoms with van der Waals surface area (Å²) in [6.07, 6.45) is 1.76. The van der Waals surface area contributed by atoms with Gasteiger partial charge in [-0.15, -0.1) is 0 Å². The number of rotatable bonds is 5. The summed E-state index contributed by atoms with van der Waals surface area (Å²) in [6, 6.07) is 7.99. The van der Waals surface area contributed by atoms with Crippen molar-refractivity contribution in [2.45, 2.75) is 39.4 Å². The first kappa shape index (κ1) is 16.1. The second-order valence-electron chi connectivity index (χ2n) is 6.44. The first-order valence-corrected chi connectivity index (χ1v) is 8.47. The van der Waals surface area contributed by atoms with Crippen LogP contribution in [0, 0.1) is 6.92 Å². The molecule has 1 aliphatic heterocycles. The van der Waals surface area contributed by atoms with Gasteiger partial charge in [0.15, 0.2) is 0 Å². The van der Waals surface area contributed by atoms with Crippen LogP contribution in [-0.2, 0) is 4.74 Å². The Hall–Kier alpha value is -1.72. The van der Waals surface area contributed by atoms with Crippen LogP contribution >= 0.6 is 0 Å². The van der Waals surface area contributed by atoms with Crippen molar-refractivity contribution in [3.05, 3.63) is 30.0 Å². The summed E-state index contributed by atoms with van der Waals surface area (Å²) < 4.78 is 5.77. The van der Waals surface area contributed by atoms with Gasteiger partial charge in [-0.2, -0.15) is 0 Å². The molecule has 2 heterocycles. The Morgan fingerprint density at radius 2 is 1.78 bits per heavy atom. The van der Waals surface area contributed by atoms with Gasteiger partial charge in [-0.25, -0.2) is 9.97 Å². The van der Waals surface area contributed by atoms with E-state index in [4.69, 9.17) is 4.74 Å². The van der Waals surface area contributed by atoms with Crippen LogP contribution in [0.1, 0.15) is 26.0 Å². The van der Waals surface area contributed by atoms with Crippen LogP contribution in [0.15, 0.2) is 24.3 Å². The molecule has 5 nitrogen and oxygen atoms in total. The van der Waals surface area contributed by atoms with Crippen molar-refractivity contribution in [3.8, 4) is 0 Å². The number of anilines is 1. The maximum Gasteiger partial charge on any atom is 0.148 e. The highest BCUT2D eigenvalue weighted by molar-refractivity contribution is 5.76. The maximum atomic E-state index is 5.77. The van der Waals surface area contributed by atoms with E-state index in [1.54, 1.807) is 0 Å². The van der Waals surface area contributed by atoms with E-state index in [1.165, 1.54) is 0 Å². The highest BCUT2D eigenvalue weighted by Gasteiger charge is 2.21. The number of nitrogens with one attached hydrogen (secondary N) is 1. The molecule has 0 aliphatic carbocycles. The van der Waals surface area contributed by atoms with Crippen molar-refractivity contribution in [2.24, 2.45) is 0 Å². The van der Waals surface area contributed by atoms with Crippen LogP contribution in [0.3, 0.4) is 0 Å². The third kappa shape index (κ3) is 4.18. The summed E-state index contributed by atoms with van der Waals surface area (Å²) in [4.78, 5) is 11.8. The lowest BCUT2D eigenvalue weighted by Crippen LogP contribution is -2.45. The molecule has 2 aromatic rings. The van der Waals surface area contributed by atoms with E-state index in [-0.39, 0.29) is 0 Å². The van der Waals surface area contributed by atoms with E-state index in [9.17, 15) is 0 Å². The van der Waals surface area contributed by atoms with Gasteiger partial charge in [-0.3, -0.25) is 4.90 Å². The van der Waals surface area contributed by atoms with E-state index < -0.39 is 0 Å². The SMILES string of the molecule is Cc1nc2ccccc2nc1NCCCN1C[C@H](C)O[C@@H](C)C1. The normalized spacial score (nSPS) is 22.4. The van der Waals surface area contributed by atoms with Gasteiger partial charge in [0, 0.05) is 26.2 Å². The van der Waals surface area contributed by atoms with Crippen molar-refractivity contribution in [2.75, 3.05) is 31.5 Å². The van der Waals surface area contributed by atoms with Crippen molar-refractivity contribution < 1.29 is 4.74 Å². The van der Waals surface area contributed by atoms with E-state index in [2.05, 4.69) is 34.0 Å². The van der Waals surface area contributed by atoms with Crippen molar-refractivity contribution >= 4 is 16.9 Å². The van der Waals surface area contributed by atoms with Gasteiger partial charge in [0.25, 0.3) is 0 Å². The smallest absolute Gasteiger partial charge is 0.148 e. The van der Waals surface area contributed by atoms with Crippen LogP contribution in [0.25, 0.3) is 11.0 Å². The number of fused-ring (bicyclic) bond motifs is 1. The third-order valence-corrected chi connectivity index (χ3v) is 4.18. The number of aromatic nitrogens is 2. The maximum absolute atomic E-state index is 5.77. The molecule has 0 bridgehead atoms. The average molecular weight is 314 g/mol. The standard InChI is InChI=1S/C18H26N4O/c1-13-11-22(12-14(2)23-13)10-6-9-19-18-15(3)20-16-7-4-5-8-17(16)21-18/h4-5,7-8,13-14H,6,9-12H2,1-3H3,(H,19,21)/t13-,14-/m0/s1. The number of nitrogens with zero attached hydrogens (tertiary/aromatic N) is 3. The molecule has 3 rings (SSSR count). The number of benzene rings is 1. The topological polar surface area (TPSA) is 50.3 Å². The zero-order valence-corrected chi connectivity index (χ0v) is 14.2. The Kier molecular flexibility index (Phi) is 5.08. The van der Waals surface area contributed by atoms with E-state index in [0.717, 1.165) is 55.1 Å². The van der Waals surface area contributed by atoms with Crippen LogP contribution in [-0.4, -0.2) is 53.3 Å². The van der Waals surface area contributed by atoms with Crippen LogP contribution in [0.2, 0.25) is 0 Å². The quantitative estimate of drug-likeness (QED) is 0.860. The summed E-state index contributed by atoms with van der Waals surface area (Å²) in [5.41, 5.74) is 2.85. The first-order valence-electron chi connectivity index (χ1n) is 8.47. The highest BCUT2D eigenvalue weighted by Crippen LogP contribution is 2.16. The molecule has 0 saturated carbocycles. The number of para-hydroxylation sites is 2. The first-order chi connectivity index (χ1) is 11.1. The summed E-state index contributed by atoms with van der Waals surface area (Å²) in [5, 5.41) is 3.44. The molecular weight excluding hydrogens is 288 g/mol. The van der Waals surface area contributed by atoms with E-state index >= 15 is 0 Å². The molecule has 1 fully saturated rings. The zero-order valence-electron chi connectivity index (χ0n) is 14.2. The average Bonchev–Trinajstić information content (AvgIpc) is 2.51. The minimum Gasteiger partial charge on any atom is -0.373 e. The zero-order chi connectivity index (χ0) is 16.2.